The van der Waals surface area contributed by atoms with Crippen molar-refractivity contribution in [1.29, 1.82) is 0 Å². The summed E-state index contributed by atoms with van der Waals surface area (Å²) in [6, 6.07) is 0. The topological polar surface area (TPSA) is 52.6 Å². The number of hydrogen-bond acceptors (Lipinski definition) is 4. The van der Waals surface area contributed by atoms with E-state index in [1.165, 1.54) is 103 Å². The van der Waals surface area contributed by atoms with Crippen molar-refractivity contribution in [1.82, 2.24) is 0 Å². The van der Waals surface area contributed by atoms with Crippen LogP contribution in [0.15, 0.2) is 0 Å². The maximum Gasteiger partial charge on any atom is 0.306 e. The monoisotopic (exact) mass is 555 g/mol. The minimum atomic E-state index is -0.295. The standard InChI is InChI=1S/C18H36O2.C17H34O2/c1-4-7-9-10-11-12-13-15-18(19)20-16-17(6-3)14-8-5-2;1-5-7-8-9-10-11-12-13-14-15-16(18)19-17(3,4)6-2/h17H,4-16H2,1-3H3;5-15H2,1-4H3. The molecule has 0 aliphatic rings. The lowest BCUT2D eigenvalue weighted by molar-refractivity contribution is -0.156. The highest BCUT2D eigenvalue weighted by Gasteiger charge is 2.19. The number of esters is 2. The number of hydrogen-bond donors (Lipinski definition) is 0. The lowest BCUT2D eigenvalue weighted by atomic mass is 10.0. The van der Waals surface area contributed by atoms with Crippen LogP contribution >= 0.6 is 0 Å². The predicted molar refractivity (Wildman–Crippen MR) is 169 cm³/mol. The van der Waals surface area contributed by atoms with Gasteiger partial charge in [-0.05, 0) is 45.4 Å². The third kappa shape index (κ3) is 31.3. The fraction of sp³-hybridized carbons (Fsp3) is 0.943. The molecule has 0 aromatic heterocycles. The first-order valence-corrected chi connectivity index (χ1v) is 17.1. The Bertz CT molecular complexity index is 529. The molecule has 0 aliphatic heterocycles. The number of rotatable bonds is 26. The van der Waals surface area contributed by atoms with Gasteiger partial charge in [0.1, 0.15) is 5.60 Å². The van der Waals surface area contributed by atoms with Crippen LogP contribution in [0, 0.1) is 5.92 Å². The Kier molecular flexibility index (Phi) is 30.7. The van der Waals surface area contributed by atoms with Crippen LogP contribution in [0.3, 0.4) is 0 Å². The van der Waals surface area contributed by atoms with Gasteiger partial charge in [0.15, 0.2) is 0 Å². The molecule has 0 aliphatic carbocycles. The van der Waals surface area contributed by atoms with Crippen molar-refractivity contribution in [3.63, 3.8) is 0 Å². The highest BCUT2D eigenvalue weighted by atomic mass is 16.6. The molecule has 0 aromatic rings. The van der Waals surface area contributed by atoms with Gasteiger partial charge in [-0.2, -0.15) is 0 Å². The van der Waals surface area contributed by atoms with Gasteiger partial charge in [-0.3, -0.25) is 9.59 Å². The van der Waals surface area contributed by atoms with Gasteiger partial charge in [-0.15, -0.1) is 0 Å². The fourth-order valence-corrected chi connectivity index (χ4v) is 4.42. The van der Waals surface area contributed by atoms with Gasteiger partial charge in [-0.25, -0.2) is 0 Å². The summed E-state index contributed by atoms with van der Waals surface area (Å²) in [4.78, 5) is 23.3. The van der Waals surface area contributed by atoms with E-state index >= 15 is 0 Å². The van der Waals surface area contributed by atoms with Gasteiger partial charge in [0.2, 0.25) is 0 Å². The maximum absolute atomic E-state index is 11.7. The average molecular weight is 555 g/mol. The molecule has 39 heavy (non-hydrogen) atoms. The lowest BCUT2D eigenvalue weighted by Crippen LogP contribution is -2.26. The Balaban J connectivity index is 0. The molecule has 4 heteroatoms. The average Bonchev–Trinajstić information content (AvgIpc) is 2.92. The van der Waals surface area contributed by atoms with Crippen LogP contribution in [0.4, 0.5) is 0 Å². The van der Waals surface area contributed by atoms with E-state index in [4.69, 9.17) is 9.47 Å². The Morgan fingerprint density at radius 2 is 0.974 bits per heavy atom. The molecule has 234 valence electrons. The van der Waals surface area contributed by atoms with E-state index in [0.717, 1.165) is 32.1 Å². The molecule has 0 N–H and O–H groups in total. The predicted octanol–water partition coefficient (Wildman–Crippen LogP) is 11.5. The summed E-state index contributed by atoms with van der Waals surface area (Å²) in [6.45, 7) is 15.5. The first kappa shape index (κ1) is 40.1. The molecule has 1 unspecified atom stereocenters. The summed E-state index contributed by atoms with van der Waals surface area (Å²) in [5.41, 5.74) is -0.295. The largest absolute Gasteiger partial charge is 0.465 e. The lowest BCUT2D eigenvalue weighted by Gasteiger charge is -2.23. The second-order valence-corrected chi connectivity index (χ2v) is 12.1. The zero-order chi connectivity index (χ0) is 29.6. The molecule has 0 spiro atoms. The molecular weight excluding hydrogens is 484 g/mol. The van der Waals surface area contributed by atoms with E-state index < -0.39 is 0 Å². The van der Waals surface area contributed by atoms with Crippen LogP contribution in [-0.2, 0) is 19.1 Å². The van der Waals surface area contributed by atoms with Gasteiger partial charge < -0.3 is 9.47 Å². The quantitative estimate of drug-likeness (QED) is 0.0788. The molecule has 4 nitrogen and oxygen atoms in total. The summed E-state index contributed by atoms with van der Waals surface area (Å²) in [6.07, 6.45) is 27.1. The third-order valence-electron chi connectivity index (χ3n) is 7.73. The highest BCUT2D eigenvalue weighted by molar-refractivity contribution is 5.69. The second kappa shape index (κ2) is 29.9. The normalized spacial score (nSPS) is 12.0. The molecule has 0 saturated heterocycles. The van der Waals surface area contributed by atoms with Crippen LogP contribution < -0.4 is 0 Å². The molecule has 0 heterocycles. The van der Waals surface area contributed by atoms with Crippen molar-refractivity contribution < 1.29 is 19.1 Å². The Labute approximate surface area is 245 Å². The second-order valence-electron chi connectivity index (χ2n) is 12.1. The Morgan fingerprint density at radius 1 is 0.564 bits per heavy atom. The van der Waals surface area contributed by atoms with Crippen molar-refractivity contribution in [3.05, 3.63) is 0 Å². The maximum atomic E-state index is 11.7. The molecule has 0 aromatic carbocycles. The fourth-order valence-electron chi connectivity index (χ4n) is 4.42. The van der Waals surface area contributed by atoms with Crippen molar-refractivity contribution >= 4 is 11.9 Å². The van der Waals surface area contributed by atoms with Crippen LogP contribution in [0.2, 0.25) is 0 Å². The van der Waals surface area contributed by atoms with Crippen LogP contribution in [0.25, 0.3) is 0 Å². The third-order valence-corrected chi connectivity index (χ3v) is 7.73. The van der Waals surface area contributed by atoms with Gasteiger partial charge in [-0.1, -0.05) is 144 Å². The summed E-state index contributed by atoms with van der Waals surface area (Å²) in [5, 5.41) is 0. The number of ether oxygens (including phenoxy) is 2. The zero-order valence-corrected chi connectivity index (χ0v) is 27.7. The highest BCUT2D eigenvalue weighted by Crippen LogP contribution is 2.17. The van der Waals surface area contributed by atoms with E-state index in [9.17, 15) is 9.59 Å². The van der Waals surface area contributed by atoms with Crippen molar-refractivity contribution in [3.8, 4) is 0 Å². The minimum Gasteiger partial charge on any atom is -0.465 e. The molecule has 0 radical (unpaired) electrons. The number of unbranched alkanes of at least 4 members (excludes halogenated alkanes) is 15. The van der Waals surface area contributed by atoms with E-state index in [-0.39, 0.29) is 17.5 Å². The first-order chi connectivity index (χ1) is 18.8. The Hall–Kier alpha value is -1.06. The van der Waals surface area contributed by atoms with Crippen molar-refractivity contribution in [2.24, 2.45) is 5.92 Å². The van der Waals surface area contributed by atoms with E-state index in [0.29, 0.717) is 25.4 Å². The molecule has 1 atom stereocenters. The summed E-state index contributed by atoms with van der Waals surface area (Å²) in [7, 11) is 0. The van der Waals surface area contributed by atoms with E-state index in [1.54, 1.807) is 0 Å². The van der Waals surface area contributed by atoms with E-state index in [2.05, 4.69) is 27.7 Å². The smallest absolute Gasteiger partial charge is 0.306 e. The van der Waals surface area contributed by atoms with E-state index in [1.807, 2.05) is 20.8 Å². The van der Waals surface area contributed by atoms with Crippen molar-refractivity contribution in [2.75, 3.05) is 6.61 Å². The first-order valence-electron chi connectivity index (χ1n) is 17.1. The minimum absolute atomic E-state index is 0.00788. The SMILES string of the molecule is CCCCCCCCCC(=O)OCC(CC)CCCC.CCCCCCCCCCCC(=O)OC(C)(C)CC. The van der Waals surface area contributed by atoms with Gasteiger partial charge in [0.05, 0.1) is 6.61 Å². The zero-order valence-electron chi connectivity index (χ0n) is 27.7. The molecular formula is C35H70O4. The summed E-state index contributed by atoms with van der Waals surface area (Å²) >= 11 is 0. The molecule has 0 amide bonds. The van der Waals surface area contributed by atoms with Crippen LogP contribution in [-0.4, -0.2) is 24.1 Å². The number of carbonyl (C=O) groups is 2. The Morgan fingerprint density at radius 3 is 1.38 bits per heavy atom. The van der Waals surface area contributed by atoms with Crippen LogP contribution in [0.5, 0.6) is 0 Å². The van der Waals surface area contributed by atoms with Gasteiger partial charge in [0, 0.05) is 12.8 Å². The summed E-state index contributed by atoms with van der Waals surface area (Å²) < 4.78 is 10.8. The van der Waals surface area contributed by atoms with Crippen molar-refractivity contribution in [2.45, 2.75) is 202 Å². The number of carbonyl (C=O) groups excluding carboxylic acids is 2. The van der Waals surface area contributed by atoms with Gasteiger partial charge in [0.25, 0.3) is 0 Å². The summed E-state index contributed by atoms with van der Waals surface area (Å²) in [5.74, 6) is 0.538. The molecule has 0 rings (SSSR count). The molecule has 0 fully saturated rings. The van der Waals surface area contributed by atoms with Gasteiger partial charge >= 0.3 is 11.9 Å². The molecule has 0 bridgehead atoms. The molecule has 0 saturated carbocycles. The van der Waals surface area contributed by atoms with Crippen LogP contribution in [0.1, 0.15) is 196 Å².